The van der Waals surface area contributed by atoms with Crippen LogP contribution in [0.4, 0.5) is 4.39 Å². The van der Waals surface area contributed by atoms with Crippen LogP contribution in [0.2, 0.25) is 0 Å². The lowest BCUT2D eigenvalue weighted by atomic mass is 9.85. The van der Waals surface area contributed by atoms with E-state index < -0.39 is 0 Å². The second-order valence-corrected chi connectivity index (χ2v) is 5.11. The van der Waals surface area contributed by atoms with Crippen LogP contribution in [0, 0.1) is 5.82 Å². The van der Waals surface area contributed by atoms with Crippen LogP contribution in [0.15, 0.2) is 18.2 Å². The third-order valence-electron chi connectivity index (χ3n) is 2.67. The minimum Gasteiger partial charge on any atom is -0.396 e. The zero-order chi connectivity index (χ0) is 12.3. The van der Waals surface area contributed by atoms with E-state index in [4.69, 9.17) is 10.8 Å². The van der Waals surface area contributed by atoms with E-state index in [0.29, 0.717) is 12.0 Å². The Labute approximate surface area is 96.3 Å². The van der Waals surface area contributed by atoms with Crippen molar-refractivity contribution in [2.75, 3.05) is 6.61 Å². The van der Waals surface area contributed by atoms with E-state index in [0.717, 1.165) is 5.56 Å². The molecule has 16 heavy (non-hydrogen) atoms. The average molecular weight is 225 g/mol. The van der Waals surface area contributed by atoms with Gasteiger partial charge in [0.2, 0.25) is 0 Å². The van der Waals surface area contributed by atoms with Gasteiger partial charge in [0.05, 0.1) is 0 Å². The molecule has 1 rings (SSSR count). The van der Waals surface area contributed by atoms with Crippen LogP contribution in [-0.4, -0.2) is 11.7 Å². The van der Waals surface area contributed by atoms with Crippen LogP contribution in [0.25, 0.3) is 0 Å². The normalized spacial score (nSPS) is 13.9. The van der Waals surface area contributed by atoms with E-state index >= 15 is 0 Å². The zero-order valence-electron chi connectivity index (χ0n) is 10.1. The van der Waals surface area contributed by atoms with Crippen LogP contribution in [-0.2, 0) is 5.41 Å². The van der Waals surface area contributed by atoms with Crippen LogP contribution in [0.3, 0.4) is 0 Å². The van der Waals surface area contributed by atoms with Gasteiger partial charge in [-0.1, -0.05) is 32.9 Å². The Morgan fingerprint density at radius 1 is 1.38 bits per heavy atom. The quantitative estimate of drug-likeness (QED) is 0.830. The van der Waals surface area contributed by atoms with Gasteiger partial charge in [-0.3, -0.25) is 0 Å². The summed E-state index contributed by atoms with van der Waals surface area (Å²) in [5, 5.41) is 8.78. The number of halogens is 1. The molecule has 0 bridgehead atoms. The van der Waals surface area contributed by atoms with Crippen molar-refractivity contribution < 1.29 is 9.50 Å². The van der Waals surface area contributed by atoms with Gasteiger partial charge >= 0.3 is 0 Å². The number of benzene rings is 1. The molecular formula is C13H20FNO. The number of hydrogen-bond acceptors (Lipinski definition) is 2. The lowest BCUT2D eigenvalue weighted by Crippen LogP contribution is -2.16. The highest BCUT2D eigenvalue weighted by Gasteiger charge is 2.19. The molecule has 0 aliphatic heterocycles. The van der Waals surface area contributed by atoms with Crippen LogP contribution < -0.4 is 5.73 Å². The molecule has 0 saturated heterocycles. The summed E-state index contributed by atoms with van der Waals surface area (Å²) in [6.07, 6.45) is 0.453. The molecule has 0 aromatic heterocycles. The molecule has 90 valence electrons. The molecule has 3 heteroatoms. The van der Waals surface area contributed by atoms with E-state index in [1.54, 1.807) is 6.07 Å². The standard InChI is InChI=1S/C13H20FNO/c1-13(2,3)10-5-4-9(8-11(10)14)12(15)6-7-16/h4-5,8,12,16H,6-7,15H2,1-3H3. The largest absolute Gasteiger partial charge is 0.396 e. The molecule has 0 spiro atoms. The summed E-state index contributed by atoms with van der Waals surface area (Å²) >= 11 is 0. The number of aliphatic hydroxyl groups excluding tert-OH is 1. The van der Waals surface area contributed by atoms with Crippen molar-refractivity contribution in [2.24, 2.45) is 5.73 Å². The molecule has 0 heterocycles. The third kappa shape index (κ3) is 3.03. The van der Waals surface area contributed by atoms with Crippen LogP contribution in [0.1, 0.15) is 44.4 Å². The lowest BCUT2D eigenvalue weighted by molar-refractivity contribution is 0.276. The summed E-state index contributed by atoms with van der Waals surface area (Å²) in [4.78, 5) is 0. The molecule has 1 atom stereocenters. The Bertz CT molecular complexity index is 357. The van der Waals surface area contributed by atoms with Crippen molar-refractivity contribution in [2.45, 2.75) is 38.6 Å². The van der Waals surface area contributed by atoms with E-state index in [2.05, 4.69) is 0 Å². The fourth-order valence-corrected chi connectivity index (χ4v) is 1.68. The van der Waals surface area contributed by atoms with Gasteiger partial charge in [0.1, 0.15) is 5.82 Å². The predicted octanol–water partition coefficient (Wildman–Crippen LogP) is 2.51. The van der Waals surface area contributed by atoms with Crippen LogP contribution >= 0.6 is 0 Å². The highest BCUT2D eigenvalue weighted by molar-refractivity contribution is 5.30. The maximum absolute atomic E-state index is 13.8. The van der Waals surface area contributed by atoms with Crippen LogP contribution in [0.5, 0.6) is 0 Å². The molecule has 0 aliphatic rings. The van der Waals surface area contributed by atoms with Gasteiger partial charge in [-0.15, -0.1) is 0 Å². The van der Waals surface area contributed by atoms with Gasteiger partial charge in [0.25, 0.3) is 0 Å². The van der Waals surface area contributed by atoms with Crippen molar-refractivity contribution in [3.63, 3.8) is 0 Å². The Morgan fingerprint density at radius 3 is 2.44 bits per heavy atom. The Balaban J connectivity index is 3.00. The molecule has 1 aromatic carbocycles. The number of rotatable bonds is 3. The van der Waals surface area contributed by atoms with Crippen molar-refractivity contribution in [1.29, 1.82) is 0 Å². The van der Waals surface area contributed by atoms with Gasteiger partial charge in [-0.25, -0.2) is 4.39 Å². The molecule has 2 nitrogen and oxygen atoms in total. The summed E-state index contributed by atoms with van der Waals surface area (Å²) in [6, 6.07) is 4.79. The summed E-state index contributed by atoms with van der Waals surface area (Å²) in [5.74, 6) is -0.224. The van der Waals surface area contributed by atoms with Gasteiger partial charge in [0.15, 0.2) is 0 Å². The van der Waals surface area contributed by atoms with E-state index in [9.17, 15) is 4.39 Å². The summed E-state index contributed by atoms with van der Waals surface area (Å²) < 4.78 is 13.8. The monoisotopic (exact) mass is 225 g/mol. The Hall–Kier alpha value is -0.930. The van der Waals surface area contributed by atoms with Gasteiger partial charge < -0.3 is 10.8 Å². The van der Waals surface area contributed by atoms with Crippen molar-refractivity contribution >= 4 is 0 Å². The highest BCUT2D eigenvalue weighted by atomic mass is 19.1. The minimum absolute atomic E-state index is 0.0177. The summed E-state index contributed by atoms with van der Waals surface area (Å²) in [5.41, 5.74) is 7.03. The van der Waals surface area contributed by atoms with Gasteiger partial charge in [-0.05, 0) is 29.0 Å². The first-order chi connectivity index (χ1) is 7.36. The second kappa shape index (κ2) is 4.93. The average Bonchev–Trinajstić information content (AvgIpc) is 2.16. The molecule has 0 radical (unpaired) electrons. The predicted molar refractivity (Wildman–Crippen MR) is 63.7 cm³/mol. The molecule has 0 aliphatic carbocycles. The minimum atomic E-state index is -0.298. The molecular weight excluding hydrogens is 205 g/mol. The van der Waals surface area contributed by atoms with Crippen molar-refractivity contribution in [1.82, 2.24) is 0 Å². The van der Waals surface area contributed by atoms with E-state index in [1.165, 1.54) is 6.07 Å². The van der Waals surface area contributed by atoms with E-state index in [1.807, 2.05) is 26.8 Å². The Kier molecular flexibility index (Phi) is 4.05. The number of nitrogens with two attached hydrogens (primary N) is 1. The van der Waals surface area contributed by atoms with Gasteiger partial charge in [-0.2, -0.15) is 0 Å². The highest BCUT2D eigenvalue weighted by Crippen LogP contribution is 2.27. The molecule has 1 aromatic rings. The van der Waals surface area contributed by atoms with Crippen molar-refractivity contribution in [3.05, 3.63) is 35.1 Å². The Morgan fingerprint density at radius 2 is 2.00 bits per heavy atom. The third-order valence-corrected chi connectivity index (χ3v) is 2.67. The topological polar surface area (TPSA) is 46.2 Å². The SMILES string of the molecule is CC(C)(C)c1ccc(C(N)CCO)cc1F. The first-order valence-corrected chi connectivity index (χ1v) is 5.52. The first-order valence-electron chi connectivity index (χ1n) is 5.52. The smallest absolute Gasteiger partial charge is 0.127 e. The van der Waals surface area contributed by atoms with Crippen molar-refractivity contribution in [3.8, 4) is 0 Å². The first kappa shape index (κ1) is 13.1. The molecule has 0 saturated carbocycles. The maximum atomic E-state index is 13.8. The van der Waals surface area contributed by atoms with Gasteiger partial charge in [0, 0.05) is 12.6 Å². The summed E-state index contributed by atoms with van der Waals surface area (Å²) in [7, 11) is 0. The maximum Gasteiger partial charge on any atom is 0.127 e. The molecule has 3 N–H and O–H groups in total. The second-order valence-electron chi connectivity index (χ2n) is 5.11. The fraction of sp³-hybridized carbons (Fsp3) is 0.538. The zero-order valence-corrected chi connectivity index (χ0v) is 10.1. The molecule has 0 fully saturated rings. The number of aliphatic hydroxyl groups is 1. The molecule has 1 unspecified atom stereocenters. The van der Waals surface area contributed by atoms with E-state index in [-0.39, 0.29) is 23.9 Å². The lowest BCUT2D eigenvalue weighted by Gasteiger charge is -2.21. The molecule has 0 amide bonds. The number of hydrogen-bond donors (Lipinski definition) is 2. The summed E-state index contributed by atoms with van der Waals surface area (Å²) in [6.45, 7) is 5.93. The fourth-order valence-electron chi connectivity index (χ4n) is 1.68.